The summed E-state index contributed by atoms with van der Waals surface area (Å²) in [4.78, 5) is 23.3. The van der Waals surface area contributed by atoms with Crippen LogP contribution in [0.1, 0.15) is 33.1 Å². The third-order valence-electron chi connectivity index (χ3n) is 4.46. The Bertz CT molecular complexity index is 1090. The summed E-state index contributed by atoms with van der Waals surface area (Å²) in [7, 11) is 1.21. The van der Waals surface area contributed by atoms with Crippen LogP contribution in [-0.2, 0) is 4.74 Å². The van der Waals surface area contributed by atoms with Crippen molar-refractivity contribution in [2.24, 2.45) is 0 Å². The van der Waals surface area contributed by atoms with E-state index < -0.39 is 16.9 Å². The molecule has 0 aromatic heterocycles. The molecule has 0 fully saturated rings. The van der Waals surface area contributed by atoms with Gasteiger partial charge < -0.3 is 10.1 Å². The predicted molar refractivity (Wildman–Crippen MR) is 108 cm³/mol. The molecule has 7 heteroatoms. The standard InChI is InChI=1S/C22H17N3O4/c1-29-22(26)18-12-7-13-19(25(27)28)21(18)24-20(15-8-3-2-4-9-15)17-11-6-5-10-16(17)14-23/h2-13,20,24H,1H3. The zero-order valence-electron chi connectivity index (χ0n) is 15.5. The Labute approximate surface area is 167 Å². The second-order valence-corrected chi connectivity index (χ2v) is 6.14. The number of ether oxygens (including phenoxy) is 1. The third-order valence-corrected chi connectivity index (χ3v) is 4.46. The van der Waals surface area contributed by atoms with Crippen LogP contribution < -0.4 is 5.32 Å². The number of esters is 1. The van der Waals surface area contributed by atoms with E-state index in [0.29, 0.717) is 11.1 Å². The van der Waals surface area contributed by atoms with Crippen molar-refractivity contribution in [1.82, 2.24) is 0 Å². The van der Waals surface area contributed by atoms with Crippen LogP contribution in [0, 0.1) is 21.4 Å². The largest absolute Gasteiger partial charge is 0.465 e. The van der Waals surface area contributed by atoms with Crippen LogP contribution in [0.4, 0.5) is 11.4 Å². The molecule has 0 aliphatic rings. The minimum Gasteiger partial charge on any atom is -0.465 e. The predicted octanol–water partition coefficient (Wildman–Crippen LogP) is 4.45. The number of methoxy groups -OCH3 is 1. The number of carbonyl (C=O) groups excluding carboxylic acids is 1. The molecule has 1 N–H and O–H groups in total. The van der Waals surface area contributed by atoms with Crippen molar-refractivity contribution in [1.29, 1.82) is 5.26 Å². The second kappa shape index (κ2) is 8.67. The molecule has 0 aliphatic heterocycles. The van der Waals surface area contributed by atoms with Crippen molar-refractivity contribution in [3.05, 3.63) is 105 Å². The molecule has 0 radical (unpaired) electrons. The summed E-state index contributed by atoms with van der Waals surface area (Å²) in [6.07, 6.45) is 0. The molecule has 3 aromatic carbocycles. The average Bonchev–Trinajstić information content (AvgIpc) is 2.77. The lowest BCUT2D eigenvalue weighted by atomic mass is 9.94. The van der Waals surface area contributed by atoms with Crippen LogP contribution in [0.2, 0.25) is 0 Å². The number of anilines is 1. The summed E-state index contributed by atoms with van der Waals surface area (Å²) in [5.74, 6) is -0.698. The van der Waals surface area contributed by atoms with Crippen molar-refractivity contribution in [3.63, 3.8) is 0 Å². The number of nitrogens with zero attached hydrogens (tertiary/aromatic N) is 2. The molecule has 0 amide bonds. The van der Waals surface area contributed by atoms with Gasteiger partial charge in [-0.1, -0.05) is 54.6 Å². The molecule has 144 valence electrons. The zero-order valence-corrected chi connectivity index (χ0v) is 15.5. The SMILES string of the molecule is COC(=O)c1cccc([N+](=O)[O-])c1NC(c1ccccc1)c1ccccc1C#N. The summed E-state index contributed by atoms with van der Waals surface area (Å²) in [6.45, 7) is 0. The third kappa shape index (κ3) is 4.06. The molecule has 0 saturated carbocycles. The van der Waals surface area contributed by atoms with Gasteiger partial charge in [0.25, 0.3) is 5.69 Å². The van der Waals surface area contributed by atoms with E-state index in [-0.39, 0.29) is 16.9 Å². The topological polar surface area (TPSA) is 105 Å². The first-order valence-corrected chi connectivity index (χ1v) is 8.73. The summed E-state index contributed by atoms with van der Waals surface area (Å²) in [5, 5.41) is 24.3. The number of nitriles is 1. The van der Waals surface area contributed by atoms with Crippen LogP contribution >= 0.6 is 0 Å². The highest BCUT2D eigenvalue weighted by Gasteiger charge is 2.26. The molecule has 0 heterocycles. The fourth-order valence-corrected chi connectivity index (χ4v) is 3.11. The Morgan fingerprint density at radius 1 is 1.07 bits per heavy atom. The van der Waals surface area contributed by atoms with Gasteiger partial charge in [0, 0.05) is 6.07 Å². The van der Waals surface area contributed by atoms with Gasteiger partial charge in [-0.3, -0.25) is 10.1 Å². The van der Waals surface area contributed by atoms with Gasteiger partial charge in [-0.05, 0) is 23.3 Å². The summed E-state index contributed by atoms with van der Waals surface area (Å²) in [6, 6.07) is 21.9. The van der Waals surface area contributed by atoms with Crippen LogP contribution in [0.25, 0.3) is 0 Å². The quantitative estimate of drug-likeness (QED) is 0.380. The lowest BCUT2D eigenvalue weighted by molar-refractivity contribution is -0.384. The summed E-state index contributed by atoms with van der Waals surface area (Å²) < 4.78 is 4.80. The molecule has 29 heavy (non-hydrogen) atoms. The van der Waals surface area contributed by atoms with Crippen LogP contribution in [0.5, 0.6) is 0 Å². The zero-order chi connectivity index (χ0) is 20.8. The van der Waals surface area contributed by atoms with Crippen molar-refractivity contribution in [3.8, 4) is 6.07 Å². The normalized spacial score (nSPS) is 11.2. The van der Waals surface area contributed by atoms with E-state index in [1.807, 2.05) is 30.3 Å². The monoisotopic (exact) mass is 387 g/mol. The van der Waals surface area contributed by atoms with Crippen LogP contribution in [0.3, 0.4) is 0 Å². The van der Waals surface area contributed by atoms with Gasteiger partial charge >= 0.3 is 5.97 Å². The average molecular weight is 387 g/mol. The number of benzene rings is 3. The van der Waals surface area contributed by atoms with Gasteiger partial charge in [-0.2, -0.15) is 5.26 Å². The molecule has 0 aliphatic carbocycles. The smallest absolute Gasteiger partial charge is 0.340 e. The highest BCUT2D eigenvalue weighted by atomic mass is 16.6. The van der Waals surface area contributed by atoms with Gasteiger partial charge in [-0.15, -0.1) is 0 Å². The first kappa shape index (κ1) is 19.6. The molecular formula is C22H17N3O4. The molecule has 3 rings (SSSR count). The first-order chi connectivity index (χ1) is 14.1. The van der Waals surface area contributed by atoms with Gasteiger partial charge in [-0.25, -0.2) is 4.79 Å². The summed E-state index contributed by atoms with van der Waals surface area (Å²) >= 11 is 0. The number of nitro benzene ring substituents is 1. The Morgan fingerprint density at radius 2 is 1.76 bits per heavy atom. The number of nitro groups is 1. The minimum absolute atomic E-state index is 0.0333. The second-order valence-electron chi connectivity index (χ2n) is 6.14. The Balaban J connectivity index is 2.21. The van der Waals surface area contributed by atoms with E-state index in [9.17, 15) is 20.2 Å². The molecule has 1 unspecified atom stereocenters. The molecular weight excluding hydrogens is 370 g/mol. The highest BCUT2D eigenvalue weighted by molar-refractivity contribution is 5.98. The Morgan fingerprint density at radius 3 is 2.41 bits per heavy atom. The van der Waals surface area contributed by atoms with Crippen molar-refractivity contribution in [2.75, 3.05) is 12.4 Å². The van der Waals surface area contributed by atoms with Gasteiger partial charge in [0.05, 0.1) is 35.3 Å². The Hall–Kier alpha value is -4.18. The van der Waals surface area contributed by atoms with E-state index in [0.717, 1.165) is 5.56 Å². The molecule has 0 bridgehead atoms. The highest BCUT2D eigenvalue weighted by Crippen LogP contribution is 2.35. The lowest BCUT2D eigenvalue weighted by Crippen LogP contribution is -2.17. The number of hydrogen-bond donors (Lipinski definition) is 1. The fourth-order valence-electron chi connectivity index (χ4n) is 3.11. The first-order valence-electron chi connectivity index (χ1n) is 8.73. The van der Waals surface area contributed by atoms with E-state index in [1.54, 1.807) is 24.3 Å². The van der Waals surface area contributed by atoms with Gasteiger partial charge in [0.15, 0.2) is 0 Å². The van der Waals surface area contributed by atoms with Crippen molar-refractivity contribution in [2.45, 2.75) is 6.04 Å². The maximum Gasteiger partial charge on any atom is 0.340 e. The van der Waals surface area contributed by atoms with Crippen molar-refractivity contribution >= 4 is 17.3 Å². The van der Waals surface area contributed by atoms with Crippen LogP contribution in [-0.4, -0.2) is 18.0 Å². The Kier molecular flexibility index (Phi) is 5.85. The lowest BCUT2D eigenvalue weighted by Gasteiger charge is -2.23. The van der Waals surface area contributed by atoms with E-state index >= 15 is 0 Å². The maximum absolute atomic E-state index is 12.2. The molecule has 7 nitrogen and oxygen atoms in total. The number of rotatable bonds is 6. The van der Waals surface area contributed by atoms with E-state index in [1.165, 1.54) is 25.3 Å². The van der Waals surface area contributed by atoms with E-state index in [4.69, 9.17) is 4.74 Å². The number of carbonyl (C=O) groups is 1. The summed E-state index contributed by atoms with van der Waals surface area (Å²) in [5.41, 5.74) is 1.65. The molecule has 1 atom stereocenters. The minimum atomic E-state index is -0.698. The van der Waals surface area contributed by atoms with Crippen LogP contribution in [0.15, 0.2) is 72.8 Å². The number of para-hydroxylation sites is 1. The molecule has 3 aromatic rings. The van der Waals surface area contributed by atoms with E-state index in [2.05, 4.69) is 11.4 Å². The number of hydrogen-bond acceptors (Lipinski definition) is 6. The van der Waals surface area contributed by atoms with Gasteiger partial charge in [0.1, 0.15) is 5.69 Å². The maximum atomic E-state index is 12.2. The number of nitrogens with one attached hydrogen (secondary N) is 1. The fraction of sp³-hybridized carbons (Fsp3) is 0.0909. The molecule has 0 spiro atoms. The van der Waals surface area contributed by atoms with Gasteiger partial charge in [0.2, 0.25) is 0 Å². The van der Waals surface area contributed by atoms with Crippen molar-refractivity contribution < 1.29 is 14.5 Å². The molecule has 0 saturated heterocycles.